The number of nitrogens with two attached hydrogens (primary N) is 1. The molecule has 0 amide bonds. The fourth-order valence-corrected chi connectivity index (χ4v) is 2.94. The van der Waals surface area contributed by atoms with E-state index in [9.17, 15) is 5.11 Å². The van der Waals surface area contributed by atoms with Crippen LogP contribution in [0.1, 0.15) is 18.0 Å². The number of halogens is 1. The van der Waals surface area contributed by atoms with Crippen LogP contribution in [0.2, 0.25) is 0 Å². The van der Waals surface area contributed by atoms with E-state index in [-0.39, 0.29) is 0 Å². The van der Waals surface area contributed by atoms with Crippen molar-refractivity contribution in [1.82, 2.24) is 4.90 Å². The summed E-state index contributed by atoms with van der Waals surface area (Å²) in [4.78, 5) is 2.30. The maximum atomic E-state index is 9.54. The van der Waals surface area contributed by atoms with Gasteiger partial charge in [0.05, 0.1) is 0 Å². The molecule has 16 heavy (non-hydrogen) atoms. The van der Waals surface area contributed by atoms with Crippen molar-refractivity contribution < 1.29 is 5.11 Å². The van der Waals surface area contributed by atoms with Crippen molar-refractivity contribution in [3.8, 4) is 5.75 Å². The average Bonchev–Trinajstić information content (AvgIpc) is 2.63. The molecule has 1 fully saturated rings. The fourth-order valence-electron chi connectivity index (χ4n) is 2.43. The zero-order valence-electron chi connectivity index (χ0n) is 9.36. The number of nitrogens with zero attached hydrogens (tertiary/aromatic N) is 1. The number of benzene rings is 1. The number of rotatable bonds is 2. The first-order valence-corrected chi connectivity index (χ1v) is 6.30. The van der Waals surface area contributed by atoms with Crippen LogP contribution < -0.4 is 5.73 Å². The van der Waals surface area contributed by atoms with Crippen molar-refractivity contribution in [2.45, 2.75) is 12.5 Å². The third-order valence-electron chi connectivity index (χ3n) is 3.31. The quantitative estimate of drug-likeness (QED) is 0.875. The van der Waals surface area contributed by atoms with Crippen LogP contribution >= 0.6 is 15.9 Å². The number of hydrogen-bond acceptors (Lipinski definition) is 3. The Kier molecular flexibility index (Phi) is 3.52. The predicted molar refractivity (Wildman–Crippen MR) is 68.3 cm³/mol. The highest BCUT2D eigenvalue weighted by Crippen LogP contribution is 2.38. The van der Waals surface area contributed by atoms with Crippen LogP contribution in [0, 0.1) is 5.92 Å². The number of phenolic OH excluding ortho intramolecular Hbond substituents is 1. The van der Waals surface area contributed by atoms with Crippen LogP contribution in [0.15, 0.2) is 22.7 Å². The molecule has 4 heteroatoms. The summed E-state index contributed by atoms with van der Waals surface area (Å²) in [5, 5.41) is 9.54. The molecule has 0 bridgehead atoms. The molecule has 88 valence electrons. The molecule has 0 saturated carbocycles. The van der Waals surface area contributed by atoms with E-state index >= 15 is 0 Å². The van der Waals surface area contributed by atoms with Crippen molar-refractivity contribution in [3.05, 3.63) is 28.2 Å². The molecule has 3 nitrogen and oxygen atoms in total. The number of likely N-dealkylation sites (tertiary alicyclic amines) is 1. The van der Waals surface area contributed by atoms with Gasteiger partial charge in [-0.05, 0) is 49.7 Å². The van der Waals surface area contributed by atoms with Crippen molar-refractivity contribution in [3.63, 3.8) is 0 Å². The van der Waals surface area contributed by atoms with Gasteiger partial charge in [-0.2, -0.15) is 0 Å². The minimum Gasteiger partial charge on any atom is -0.508 e. The molecule has 1 aromatic rings. The maximum Gasteiger partial charge on any atom is 0.115 e. The first kappa shape index (κ1) is 11.9. The Morgan fingerprint density at radius 3 is 2.94 bits per heavy atom. The van der Waals surface area contributed by atoms with E-state index in [0.717, 1.165) is 29.5 Å². The lowest BCUT2D eigenvalue weighted by Gasteiger charge is -2.21. The highest BCUT2D eigenvalue weighted by molar-refractivity contribution is 9.10. The van der Waals surface area contributed by atoms with Gasteiger partial charge in [0.25, 0.3) is 0 Å². The van der Waals surface area contributed by atoms with Gasteiger partial charge in [0.15, 0.2) is 0 Å². The molecule has 0 spiro atoms. The lowest BCUT2D eigenvalue weighted by Crippen LogP contribution is -2.20. The predicted octanol–water partition coefficient (Wildman–Crippen LogP) is 2.11. The summed E-state index contributed by atoms with van der Waals surface area (Å²) >= 11 is 3.54. The molecular weight excluding hydrogens is 268 g/mol. The van der Waals surface area contributed by atoms with Gasteiger partial charge in [-0.3, -0.25) is 4.90 Å². The summed E-state index contributed by atoms with van der Waals surface area (Å²) in [7, 11) is 2.11. The van der Waals surface area contributed by atoms with Crippen LogP contribution in [-0.4, -0.2) is 30.1 Å². The molecule has 0 radical (unpaired) electrons. The molecule has 2 unspecified atom stereocenters. The molecule has 1 saturated heterocycles. The molecule has 0 aromatic heterocycles. The molecule has 2 atom stereocenters. The molecule has 2 rings (SSSR count). The van der Waals surface area contributed by atoms with Gasteiger partial charge in [0, 0.05) is 17.1 Å². The van der Waals surface area contributed by atoms with Crippen LogP contribution in [0.5, 0.6) is 5.75 Å². The summed E-state index contributed by atoms with van der Waals surface area (Å²) in [5.41, 5.74) is 6.87. The number of phenols is 1. The Balaban J connectivity index is 2.27. The van der Waals surface area contributed by atoms with Gasteiger partial charge in [-0.1, -0.05) is 15.9 Å². The monoisotopic (exact) mass is 284 g/mol. The van der Waals surface area contributed by atoms with E-state index in [1.54, 1.807) is 6.07 Å². The summed E-state index contributed by atoms with van der Waals surface area (Å²) in [5.74, 6) is 0.882. The van der Waals surface area contributed by atoms with Crippen molar-refractivity contribution in [2.75, 3.05) is 20.1 Å². The van der Waals surface area contributed by atoms with E-state index in [1.807, 2.05) is 12.1 Å². The standard InChI is InChI=1S/C12H17BrN2O/c1-15-7-8(6-14)4-12(15)10-5-9(16)2-3-11(10)13/h2-3,5,8,12,16H,4,6-7,14H2,1H3. The molecule has 1 aliphatic rings. The fraction of sp³-hybridized carbons (Fsp3) is 0.500. The third kappa shape index (κ3) is 2.24. The lowest BCUT2D eigenvalue weighted by atomic mass is 10.00. The van der Waals surface area contributed by atoms with Crippen LogP contribution in [0.25, 0.3) is 0 Å². The zero-order chi connectivity index (χ0) is 11.7. The van der Waals surface area contributed by atoms with Crippen molar-refractivity contribution in [1.29, 1.82) is 0 Å². The van der Waals surface area contributed by atoms with Gasteiger partial charge in [-0.15, -0.1) is 0 Å². The van der Waals surface area contributed by atoms with E-state index in [2.05, 4.69) is 27.9 Å². The summed E-state index contributed by atoms with van der Waals surface area (Å²) in [6.45, 7) is 1.76. The summed E-state index contributed by atoms with van der Waals surface area (Å²) in [6.07, 6.45) is 1.06. The highest BCUT2D eigenvalue weighted by atomic mass is 79.9. The first-order valence-electron chi connectivity index (χ1n) is 5.50. The second kappa shape index (κ2) is 4.73. The van der Waals surface area contributed by atoms with Gasteiger partial charge in [0.1, 0.15) is 5.75 Å². The third-order valence-corrected chi connectivity index (χ3v) is 4.03. The smallest absolute Gasteiger partial charge is 0.115 e. The van der Waals surface area contributed by atoms with Gasteiger partial charge in [0.2, 0.25) is 0 Å². The zero-order valence-corrected chi connectivity index (χ0v) is 10.9. The van der Waals surface area contributed by atoms with E-state index in [0.29, 0.717) is 17.7 Å². The van der Waals surface area contributed by atoms with Crippen LogP contribution in [0.4, 0.5) is 0 Å². The molecule has 1 aromatic carbocycles. The molecule has 3 N–H and O–H groups in total. The van der Waals surface area contributed by atoms with Gasteiger partial charge >= 0.3 is 0 Å². The van der Waals surface area contributed by atoms with Crippen molar-refractivity contribution >= 4 is 15.9 Å². The van der Waals surface area contributed by atoms with Gasteiger partial charge in [-0.25, -0.2) is 0 Å². The number of aromatic hydroxyl groups is 1. The molecule has 0 aliphatic carbocycles. The normalized spacial score (nSPS) is 26.2. The Bertz CT molecular complexity index is 383. The summed E-state index contributed by atoms with van der Waals surface area (Å²) < 4.78 is 1.06. The van der Waals surface area contributed by atoms with Crippen LogP contribution in [0.3, 0.4) is 0 Å². The lowest BCUT2D eigenvalue weighted by molar-refractivity contribution is 0.312. The van der Waals surface area contributed by atoms with Crippen molar-refractivity contribution in [2.24, 2.45) is 11.7 Å². The highest BCUT2D eigenvalue weighted by Gasteiger charge is 2.30. The second-order valence-electron chi connectivity index (χ2n) is 4.50. The molecular formula is C12H17BrN2O. The van der Waals surface area contributed by atoms with E-state index < -0.39 is 0 Å². The van der Waals surface area contributed by atoms with Gasteiger partial charge < -0.3 is 10.8 Å². The number of hydrogen-bond donors (Lipinski definition) is 2. The minimum atomic E-state index is 0.322. The van der Waals surface area contributed by atoms with E-state index in [1.165, 1.54) is 0 Å². The Morgan fingerprint density at radius 2 is 2.31 bits per heavy atom. The largest absolute Gasteiger partial charge is 0.508 e. The first-order chi connectivity index (χ1) is 7.61. The Labute approximate surface area is 104 Å². The maximum absolute atomic E-state index is 9.54. The minimum absolute atomic E-state index is 0.322. The second-order valence-corrected chi connectivity index (χ2v) is 5.35. The average molecular weight is 285 g/mol. The topological polar surface area (TPSA) is 49.5 Å². The van der Waals surface area contributed by atoms with Crippen LogP contribution in [-0.2, 0) is 0 Å². The molecule has 1 aliphatic heterocycles. The SMILES string of the molecule is CN1CC(CN)CC1c1cc(O)ccc1Br. The molecule has 1 heterocycles. The summed E-state index contributed by atoms with van der Waals surface area (Å²) in [6, 6.07) is 5.79. The van der Waals surface area contributed by atoms with E-state index in [4.69, 9.17) is 5.73 Å². The Morgan fingerprint density at radius 1 is 1.56 bits per heavy atom. The Hall–Kier alpha value is -0.580.